The van der Waals surface area contributed by atoms with Gasteiger partial charge in [0, 0.05) is 13.2 Å². The van der Waals surface area contributed by atoms with Gasteiger partial charge in [-0.2, -0.15) is 0 Å². The van der Waals surface area contributed by atoms with Crippen LogP contribution in [0.2, 0.25) is 0 Å². The van der Waals surface area contributed by atoms with Crippen LogP contribution in [0.5, 0.6) is 5.75 Å². The van der Waals surface area contributed by atoms with Crippen LogP contribution in [0.1, 0.15) is 18.4 Å². The summed E-state index contributed by atoms with van der Waals surface area (Å²) in [6.07, 6.45) is 2.54. The minimum Gasteiger partial charge on any atom is -0.491 e. The minimum atomic E-state index is 0.277. The average Bonchev–Trinajstić information content (AvgIpc) is 2.80. The normalized spacial score (nSPS) is 20.5. The largest absolute Gasteiger partial charge is 0.491 e. The van der Waals surface area contributed by atoms with E-state index in [9.17, 15) is 0 Å². The molecule has 3 heteroatoms. The van der Waals surface area contributed by atoms with Crippen molar-refractivity contribution in [2.45, 2.75) is 25.5 Å². The summed E-state index contributed by atoms with van der Waals surface area (Å²) in [7, 11) is 0. The Hall–Kier alpha value is -1.06. The lowest BCUT2D eigenvalue weighted by Crippen LogP contribution is -2.16. The number of hydrogen-bond acceptors (Lipinski definition) is 3. The van der Waals surface area contributed by atoms with Crippen LogP contribution in [0.25, 0.3) is 0 Å². The molecule has 15 heavy (non-hydrogen) atoms. The third kappa shape index (κ3) is 2.94. The standard InChI is InChI=1S/C12H17NO2/c13-8-10-3-5-11(6-4-10)15-9-12-2-1-7-14-12/h3-6,12H,1-2,7-9,13H2. The molecule has 2 rings (SSSR count). The Morgan fingerprint density at radius 1 is 1.33 bits per heavy atom. The predicted molar refractivity (Wildman–Crippen MR) is 58.8 cm³/mol. The third-order valence-corrected chi connectivity index (χ3v) is 2.62. The van der Waals surface area contributed by atoms with Crippen LogP contribution in [-0.4, -0.2) is 19.3 Å². The molecule has 0 amide bonds. The van der Waals surface area contributed by atoms with Crippen LogP contribution in [0.4, 0.5) is 0 Å². The Kier molecular flexibility index (Phi) is 3.59. The molecule has 1 heterocycles. The maximum absolute atomic E-state index is 5.62. The molecule has 0 saturated carbocycles. The zero-order valence-corrected chi connectivity index (χ0v) is 8.82. The van der Waals surface area contributed by atoms with Crippen molar-refractivity contribution in [1.82, 2.24) is 0 Å². The quantitative estimate of drug-likeness (QED) is 0.817. The summed E-state index contributed by atoms with van der Waals surface area (Å²) in [6, 6.07) is 7.89. The SMILES string of the molecule is NCc1ccc(OCC2CCCO2)cc1. The molecular formula is C12H17NO2. The van der Waals surface area contributed by atoms with E-state index in [0.717, 1.165) is 30.8 Å². The highest BCUT2D eigenvalue weighted by Gasteiger charge is 2.15. The van der Waals surface area contributed by atoms with Crippen molar-refractivity contribution < 1.29 is 9.47 Å². The molecule has 1 aliphatic rings. The summed E-state index contributed by atoms with van der Waals surface area (Å²) >= 11 is 0. The van der Waals surface area contributed by atoms with E-state index >= 15 is 0 Å². The fourth-order valence-electron chi connectivity index (χ4n) is 1.69. The number of benzene rings is 1. The summed E-state index contributed by atoms with van der Waals surface area (Å²) in [5, 5.41) is 0. The highest BCUT2D eigenvalue weighted by molar-refractivity contribution is 5.27. The molecular weight excluding hydrogens is 190 g/mol. The molecule has 1 atom stereocenters. The van der Waals surface area contributed by atoms with E-state index in [4.69, 9.17) is 15.2 Å². The Bertz CT molecular complexity index is 291. The summed E-state index contributed by atoms with van der Waals surface area (Å²) in [5.74, 6) is 0.891. The van der Waals surface area contributed by atoms with E-state index in [1.807, 2.05) is 24.3 Å². The minimum absolute atomic E-state index is 0.277. The molecule has 0 aliphatic carbocycles. The molecule has 1 aliphatic heterocycles. The Morgan fingerprint density at radius 3 is 2.73 bits per heavy atom. The molecule has 1 saturated heterocycles. The van der Waals surface area contributed by atoms with Gasteiger partial charge in [-0.15, -0.1) is 0 Å². The zero-order valence-electron chi connectivity index (χ0n) is 8.82. The first-order valence-corrected chi connectivity index (χ1v) is 5.42. The molecule has 82 valence electrons. The van der Waals surface area contributed by atoms with Crippen molar-refractivity contribution in [2.24, 2.45) is 5.73 Å². The van der Waals surface area contributed by atoms with Crippen molar-refractivity contribution in [3.8, 4) is 5.75 Å². The average molecular weight is 207 g/mol. The second-order valence-electron chi connectivity index (χ2n) is 3.79. The summed E-state index contributed by atoms with van der Waals surface area (Å²) in [5.41, 5.74) is 6.64. The lowest BCUT2D eigenvalue weighted by Gasteiger charge is -2.11. The van der Waals surface area contributed by atoms with Crippen molar-refractivity contribution in [2.75, 3.05) is 13.2 Å². The van der Waals surface area contributed by atoms with E-state index < -0.39 is 0 Å². The maximum Gasteiger partial charge on any atom is 0.119 e. The van der Waals surface area contributed by atoms with E-state index in [1.54, 1.807) is 0 Å². The fourth-order valence-corrected chi connectivity index (χ4v) is 1.69. The van der Waals surface area contributed by atoms with Gasteiger partial charge in [0.1, 0.15) is 12.4 Å². The van der Waals surface area contributed by atoms with Gasteiger partial charge in [0.15, 0.2) is 0 Å². The van der Waals surface area contributed by atoms with E-state index in [-0.39, 0.29) is 6.10 Å². The molecule has 1 aromatic rings. The predicted octanol–water partition coefficient (Wildman–Crippen LogP) is 1.70. The van der Waals surface area contributed by atoms with Crippen LogP contribution < -0.4 is 10.5 Å². The number of hydrogen-bond donors (Lipinski definition) is 1. The van der Waals surface area contributed by atoms with Crippen molar-refractivity contribution >= 4 is 0 Å². The molecule has 0 aromatic heterocycles. The Balaban J connectivity index is 1.82. The van der Waals surface area contributed by atoms with Gasteiger partial charge >= 0.3 is 0 Å². The lowest BCUT2D eigenvalue weighted by molar-refractivity contribution is 0.0679. The first-order valence-electron chi connectivity index (χ1n) is 5.42. The van der Waals surface area contributed by atoms with Crippen molar-refractivity contribution in [3.05, 3.63) is 29.8 Å². The Morgan fingerprint density at radius 2 is 2.13 bits per heavy atom. The number of nitrogens with two attached hydrogens (primary N) is 1. The molecule has 3 nitrogen and oxygen atoms in total. The summed E-state index contributed by atoms with van der Waals surface area (Å²) in [4.78, 5) is 0. The van der Waals surface area contributed by atoms with Crippen molar-refractivity contribution in [3.63, 3.8) is 0 Å². The molecule has 0 spiro atoms. The van der Waals surface area contributed by atoms with Gasteiger partial charge in [0.05, 0.1) is 6.10 Å². The molecule has 0 radical (unpaired) electrons. The second-order valence-corrected chi connectivity index (χ2v) is 3.79. The van der Waals surface area contributed by atoms with Crippen LogP contribution in [-0.2, 0) is 11.3 Å². The smallest absolute Gasteiger partial charge is 0.119 e. The molecule has 1 fully saturated rings. The van der Waals surface area contributed by atoms with Crippen LogP contribution in [0.3, 0.4) is 0 Å². The van der Waals surface area contributed by atoms with Gasteiger partial charge in [0.25, 0.3) is 0 Å². The lowest BCUT2D eigenvalue weighted by atomic mass is 10.2. The molecule has 1 aromatic carbocycles. The van der Waals surface area contributed by atoms with Crippen LogP contribution in [0, 0.1) is 0 Å². The highest BCUT2D eigenvalue weighted by atomic mass is 16.5. The maximum atomic E-state index is 5.62. The van der Waals surface area contributed by atoms with Gasteiger partial charge in [-0.3, -0.25) is 0 Å². The van der Waals surface area contributed by atoms with Gasteiger partial charge in [-0.1, -0.05) is 12.1 Å². The van der Waals surface area contributed by atoms with E-state index in [0.29, 0.717) is 13.2 Å². The molecule has 0 bridgehead atoms. The van der Waals surface area contributed by atoms with Gasteiger partial charge in [-0.05, 0) is 30.5 Å². The van der Waals surface area contributed by atoms with Gasteiger partial charge in [-0.25, -0.2) is 0 Å². The number of rotatable bonds is 4. The van der Waals surface area contributed by atoms with Gasteiger partial charge < -0.3 is 15.2 Å². The van der Waals surface area contributed by atoms with E-state index in [2.05, 4.69) is 0 Å². The summed E-state index contributed by atoms with van der Waals surface area (Å²) < 4.78 is 11.1. The topological polar surface area (TPSA) is 44.5 Å². The first-order chi connectivity index (χ1) is 7.38. The Labute approximate surface area is 90.2 Å². The third-order valence-electron chi connectivity index (χ3n) is 2.62. The monoisotopic (exact) mass is 207 g/mol. The van der Waals surface area contributed by atoms with Crippen LogP contribution in [0.15, 0.2) is 24.3 Å². The van der Waals surface area contributed by atoms with Crippen molar-refractivity contribution in [1.29, 1.82) is 0 Å². The molecule has 2 N–H and O–H groups in total. The highest BCUT2D eigenvalue weighted by Crippen LogP contribution is 2.16. The summed E-state index contributed by atoms with van der Waals surface area (Å²) in [6.45, 7) is 2.11. The zero-order chi connectivity index (χ0) is 10.5. The van der Waals surface area contributed by atoms with E-state index in [1.165, 1.54) is 0 Å². The van der Waals surface area contributed by atoms with Crippen LogP contribution >= 0.6 is 0 Å². The molecule has 1 unspecified atom stereocenters. The second kappa shape index (κ2) is 5.14. The number of ether oxygens (including phenoxy) is 2. The first kappa shape index (κ1) is 10.5. The van der Waals surface area contributed by atoms with Gasteiger partial charge in [0.2, 0.25) is 0 Å². The fraction of sp³-hybridized carbons (Fsp3) is 0.500.